The molecule has 0 spiro atoms. The van der Waals surface area contributed by atoms with E-state index in [2.05, 4.69) is 48.7 Å². The summed E-state index contributed by atoms with van der Waals surface area (Å²) in [4.78, 5) is 0. The van der Waals surface area contributed by atoms with Crippen molar-refractivity contribution >= 4 is 0 Å². The maximum atomic E-state index is 9.69. The topological polar surface area (TPSA) is 44.3 Å². The Morgan fingerprint density at radius 2 is 2.00 bits per heavy atom. The van der Waals surface area contributed by atoms with Crippen LogP contribution in [0.2, 0.25) is 0 Å². The second-order valence-electron chi connectivity index (χ2n) is 5.84. The Morgan fingerprint density at radius 3 is 2.58 bits per heavy atom. The van der Waals surface area contributed by atoms with Gasteiger partial charge in [0.05, 0.1) is 6.10 Å². The summed E-state index contributed by atoms with van der Waals surface area (Å²) in [6.07, 6.45) is 0.868. The third kappa shape index (κ3) is 4.30. The first-order valence-corrected chi connectivity index (χ1v) is 7.35. The van der Waals surface area contributed by atoms with Crippen LogP contribution in [-0.4, -0.2) is 37.4 Å². The lowest BCUT2D eigenvalue weighted by molar-refractivity contribution is 0.146. The Labute approximate surface area is 116 Å². The quantitative estimate of drug-likeness (QED) is 0.681. The predicted molar refractivity (Wildman–Crippen MR) is 79.5 cm³/mol. The summed E-state index contributed by atoms with van der Waals surface area (Å²) in [7, 11) is 0. The zero-order valence-electron chi connectivity index (χ0n) is 12.0. The molecule has 2 rings (SSSR count). The van der Waals surface area contributed by atoms with Gasteiger partial charge in [0.2, 0.25) is 0 Å². The van der Waals surface area contributed by atoms with Crippen LogP contribution in [0.15, 0.2) is 24.3 Å². The predicted octanol–water partition coefficient (Wildman–Crippen LogP) is 1.52. The molecular weight excluding hydrogens is 236 g/mol. The third-order valence-corrected chi connectivity index (χ3v) is 3.95. The van der Waals surface area contributed by atoms with Gasteiger partial charge in [-0.2, -0.15) is 0 Å². The molecule has 1 fully saturated rings. The van der Waals surface area contributed by atoms with Gasteiger partial charge in [-0.3, -0.25) is 0 Å². The molecule has 1 aromatic rings. The van der Waals surface area contributed by atoms with E-state index in [9.17, 15) is 5.11 Å². The summed E-state index contributed by atoms with van der Waals surface area (Å²) in [6.45, 7) is 7.98. The number of hydrogen-bond acceptors (Lipinski definition) is 3. The van der Waals surface area contributed by atoms with Crippen molar-refractivity contribution in [3.63, 3.8) is 0 Å². The molecule has 0 saturated carbocycles. The summed E-state index contributed by atoms with van der Waals surface area (Å²) in [5.74, 6) is 0.965. The van der Waals surface area contributed by atoms with Gasteiger partial charge < -0.3 is 15.7 Å². The van der Waals surface area contributed by atoms with Gasteiger partial charge in [-0.15, -0.1) is 0 Å². The van der Waals surface area contributed by atoms with Crippen LogP contribution in [0, 0.1) is 5.92 Å². The van der Waals surface area contributed by atoms with Gasteiger partial charge in [0.15, 0.2) is 0 Å². The zero-order valence-corrected chi connectivity index (χ0v) is 12.0. The first-order valence-electron chi connectivity index (χ1n) is 7.35. The maximum Gasteiger partial charge on any atom is 0.0716 e. The van der Waals surface area contributed by atoms with Crippen LogP contribution in [0.25, 0.3) is 0 Å². The monoisotopic (exact) mass is 262 g/mol. The maximum absolute atomic E-state index is 9.69. The molecule has 1 heterocycles. The summed E-state index contributed by atoms with van der Waals surface area (Å²) in [5.41, 5.74) is 2.78. The van der Waals surface area contributed by atoms with E-state index in [-0.39, 0.29) is 6.10 Å². The average Bonchev–Trinajstić information content (AvgIpc) is 2.81. The SMILES string of the molecule is CC(C)c1ccc(CCNCC2CNCC2O)cc1. The number of nitrogens with one attached hydrogen (secondary N) is 2. The molecule has 1 aromatic carbocycles. The van der Waals surface area contributed by atoms with Gasteiger partial charge in [-0.1, -0.05) is 38.1 Å². The lowest BCUT2D eigenvalue weighted by Gasteiger charge is -2.14. The van der Waals surface area contributed by atoms with E-state index < -0.39 is 0 Å². The number of β-amino-alcohol motifs (C(OH)–C–C–N with tert-alkyl or cyclic N) is 1. The van der Waals surface area contributed by atoms with Crippen molar-refractivity contribution in [2.45, 2.75) is 32.3 Å². The molecule has 1 aliphatic rings. The lowest BCUT2D eigenvalue weighted by atomic mass is 10.0. The molecule has 0 radical (unpaired) electrons. The summed E-state index contributed by atoms with van der Waals surface area (Å²) < 4.78 is 0. The fourth-order valence-corrected chi connectivity index (χ4v) is 2.52. The van der Waals surface area contributed by atoms with Gasteiger partial charge >= 0.3 is 0 Å². The molecule has 0 aliphatic carbocycles. The minimum absolute atomic E-state index is 0.183. The van der Waals surface area contributed by atoms with Crippen molar-refractivity contribution in [3.05, 3.63) is 35.4 Å². The normalized spacial score (nSPS) is 23.2. The van der Waals surface area contributed by atoms with Crippen molar-refractivity contribution in [2.75, 3.05) is 26.2 Å². The Bertz CT molecular complexity index is 375. The summed E-state index contributed by atoms with van der Waals surface area (Å²) in [5, 5.41) is 16.3. The smallest absolute Gasteiger partial charge is 0.0716 e. The molecule has 3 N–H and O–H groups in total. The highest BCUT2D eigenvalue weighted by Gasteiger charge is 2.23. The van der Waals surface area contributed by atoms with Crippen molar-refractivity contribution in [1.82, 2.24) is 10.6 Å². The van der Waals surface area contributed by atoms with Gasteiger partial charge in [0.1, 0.15) is 0 Å². The molecule has 2 unspecified atom stereocenters. The van der Waals surface area contributed by atoms with Crippen molar-refractivity contribution in [2.24, 2.45) is 5.92 Å². The van der Waals surface area contributed by atoms with Crippen LogP contribution in [0.4, 0.5) is 0 Å². The van der Waals surface area contributed by atoms with Gasteiger partial charge in [-0.05, 0) is 30.0 Å². The Kier molecular flexibility index (Phi) is 5.37. The third-order valence-electron chi connectivity index (χ3n) is 3.95. The van der Waals surface area contributed by atoms with E-state index in [1.165, 1.54) is 11.1 Å². The highest BCUT2D eigenvalue weighted by atomic mass is 16.3. The minimum atomic E-state index is -0.183. The van der Waals surface area contributed by atoms with Crippen LogP contribution >= 0.6 is 0 Å². The van der Waals surface area contributed by atoms with E-state index in [1.54, 1.807) is 0 Å². The lowest BCUT2D eigenvalue weighted by Crippen LogP contribution is -2.31. The number of aliphatic hydroxyl groups excluding tert-OH is 1. The largest absolute Gasteiger partial charge is 0.391 e. The first kappa shape index (κ1) is 14.5. The van der Waals surface area contributed by atoms with Crippen LogP contribution in [0.3, 0.4) is 0 Å². The molecule has 0 amide bonds. The molecule has 3 nitrogen and oxygen atoms in total. The second-order valence-corrected chi connectivity index (χ2v) is 5.84. The summed E-state index contributed by atoms with van der Waals surface area (Å²) >= 11 is 0. The highest BCUT2D eigenvalue weighted by molar-refractivity contribution is 5.24. The van der Waals surface area contributed by atoms with E-state index in [4.69, 9.17) is 0 Å². The molecule has 19 heavy (non-hydrogen) atoms. The first-order chi connectivity index (χ1) is 9.16. The average molecular weight is 262 g/mol. The molecule has 0 bridgehead atoms. The van der Waals surface area contributed by atoms with Crippen LogP contribution in [0.1, 0.15) is 30.9 Å². The second kappa shape index (κ2) is 7.04. The van der Waals surface area contributed by atoms with Gasteiger partial charge in [-0.25, -0.2) is 0 Å². The van der Waals surface area contributed by atoms with E-state index in [0.29, 0.717) is 11.8 Å². The van der Waals surface area contributed by atoms with Crippen molar-refractivity contribution in [3.8, 4) is 0 Å². The molecule has 3 heteroatoms. The van der Waals surface area contributed by atoms with E-state index in [1.807, 2.05) is 0 Å². The number of aliphatic hydroxyl groups is 1. The minimum Gasteiger partial charge on any atom is -0.391 e. The Balaban J connectivity index is 1.68. The van der Waals surface area contributed by atoms with Crippen molar-refractivity contribution < 1.29 is 5.11 Å². The molecule has 1 saturated heterocycles. The number of benzene rings is 1. The fourth-order valence-electron chi connectivity index (χ4n) is 2.52. The van der Waals surface area contributed by atoms with Gasteiger partial charge in [0, 0.05) is 25.6 Å². The fraction of sp³-hybridized carbons (Fsp3) is 0.625. The highest BCUT2D eigenvalue weighted by Crippen LogP contribution is 2.14. The van der Waals surface area contributed by atoms with E-state index >= 15 is 0 Å². The number of hydrogen-bond donors (Lipinski definition) is 3. The van der Waals surface area contributed by atoms with Gasteiger partial charge in [0.25, 0.3) is 0 Å². The zero-order chi connectivity index (χ0) is 13.7. The van der Waals surface area contributed by atoms with Crippen molar-refractivity contribution in [1.29, 1.82) is 0 Å². The van der Waals surface area contributed by atoms with Crippen LogP contribution in [0.5, 0.6) is 0 Å². The number of rotatable bonds is 6. The summed E-state index contributed by atoms with van der Waals surface area (Å²) in [6, 6.07) is 8.90. The molecule has 106 valence electrons. The Morgan fingerprint density at radius 1 is 1.26 bits per heavy atom. The Hall–Kier alpha value is -0.900. The van der Waals surface area contributed by atoms with E-state index in [0.717, 1.165) is 32.6 Å². The molecule has 2 atom stereocenters. The molecule has 0 aromatic heterocycles. The molecular formula is C16H26N2O. The molecule has 1 aliphatic heterocycles. The standard InChI is InChI=1S/C16H26N2O/c1-12(2)14-5-3-13(4-6-14)7-8-17-9-15-10-18-11-16(15)19/h3-6,12,15-19H,7-11H2,1-2H3. The van der Waals surface area contributed by atoms with Crippen LogP contribution < -0.4 is 10.6 Å². The van der Waals surface area contributed by atoms with Crippen LogP contribution in [-0.2, 0) is 6.42 Å².